The molecule has 1 atom stereocenters. The number of halogens is 1. The normalized spacial score (nSPS) is 11.1. The Balaban J connectivity index is 0.00000324. The zero-order valence-corrected chi connectivity index (χ0v) is 13.9. The molecule has 0 amide bonds. The van der Waals surface area contributed by atoms with E-state index in [4.69, 9.17) is 0 Å². The topological polar surface area (TPSA) is 56.7 Å². The molecule has 0 radical (unpaired) electrons. The van der Waals surface area contributed by atoms with Crippen molar-refractivity contribution in [3.63, 3.8) is 0 Å². The first kappa shape index (κ1) is 18.2. The highest BCUT2D eigenvalue weighted by molar-refractivity contribution is 14.0. The van der Waals surface area contributed by atoms with Crippen molar-refractivity contribution in [2.45, 2.75) is 19.8 Å². The Hall–Kier alpha value is -0.820. The van der Waals surface area contributed by atoms with Gasteiger partial charge in [0.05, 0.1) is 13.2 Å². The average Bonchev–Trinajstić information content (AvgIpc) is 2.41. The van der Waals surface area contributed by atoms with Crippen molar-refractivity contribution in [1.29, 1.82) is 0 Å². The van der Waals surface area contributed by atoms with Crippen LogP contribution in [0.2, 0.25) is 0 Å². The SMILES string of the molecule is CCNC(=NCC(CO)c1ccccc1)NCC.I. The summed E-state index contributed by atoms with van der Waals surface area (Å²) in [5, 5.41) is 15.8. The van der Waals surface area contributed by atoms with Crippen molar-refractivity contribution < 1.29 is 5.11 Å². The summed E-state index contributed by atoms with van der Waals surface area (Å²) in [5.41, 5.74) is 1.12. The van der Waals surface area contributed by atoms with E-state index in [1.807, 2.05) is 44.2 Å². The second-order valence-corrected chi connectivity index (χ2v) is 4.04. The second-order valence-electron chi connectivity index (χ2n) is 4.04. The van der Waals surface area contributed by atoms with Gasteiger partial charge >= 0.3 is 0 Å². The number of rotatable bonds is 6. The van der Waals surface area contributed by atoms with Crippen molar-refractivity contribution in [1.82, 2.24) is 10.6 Å². The molecule has 4 nitrogen and oxygen atoms in total. The largest absolute Gasteiger partial charge is 0.396 e. The number of nitrogens with zero attached hydrogens (tertiary/aromatic N) is 1. The summed E-state index contributed by atoms with van der Waals surface area (Å²) in [4.78, 5) is 4.49. The number of aliphatic imine (C=N–C) groups is 1. The van der Waals surface area contributed by atoms with Crippen LogP contribution in [-0.4, -0.2) is 37.3 Å². The Morgan fingerprint density at radius 2 is 1.74 bits per heavy atom. The monoisotopic (exact) mass is 377 g/mol. The number of guanidine groups is 1. The zero-order chi connectivity index (χ0) is 13.2. The van der Waals surface area contributed by atoms with Crippen LogP contribution in [0.4, 0.5) is 0 Å². The first-order valence-corrected chi connectivity index (χ1v) is 6.49. The summed E-state index contributed by atoms with van der Waals surface area (Å²) in [7, 11) is 0. The molecule has 0 aliphatic rings. The number of aliphatic hydroxyl groups excluding tert-OH is 1. The molecule has 0 bridgehead atoms. The first-order valence-electron chi connectivity index (χ1n) is 6.49. The van der Waals surface area contributed by atoms with E-state index in [1.54, 1.807) is 0 Å². The van der Waals surface area contributed by atoms with E-state index in [0.717, 1.165) is 24.6 Å². The first-order chi connectivity index (χ1) is 8.81. The van der Waals surface area contributed by atoms with Gasteiger partial charge in [0.15, 0.2) is 5.96 Å². The van der Waals surface area contributed by atoms with E-state index < -0.39 is 0 Å². The standard InChI is InChI=1S/C14H23N3O.HI/c1-3-15-14(16-4-2)17-10-13(11-18)12-8-6-5-7-9-12;/h5-9,13,18H,3-4,10-11H2,1-2H3,(H2,15,16,17);1H. The lowest BCUT2D eigenvalue weighted by molar-refractivity contribution is 0.268. The average molecular weight is 377 g/mol. The molecule has 108 valence electrons. The van der Waals surface area contributed by atoms with Crippen LogP contribution in [0.25, 0.3) is 0 Å². The van der Waals surface area contributed by atoms with Crippen molar-refractivity contribution >= 4 is 29.9 Å². The van der Waals surface area contributed by atoms with Crippen molar-refractivity contribution in [2.75, 3.05) is 26.2 Å². The van der Waals surface area contributed by atoms with Crippen LogP contribution in [0.5, 0.6) is 0 Å². The van der Waals surface area contributed by atoms with E-state index in [1.165, 1.54) is 0 Å². The highest BCUT2D eigenvalue weighted by Gasteiger charge is 2.09. The number of benzene rings is 1. The van der Waals surface area contributed by atoms with Gasteiger partial charge in [0.1, 0.15) is 0 Å². The van der Waals surface area contributed by atoms with Crippen LogP contribution in [0, 0.1) is 0 Å². The number of aliphatic hydroxyl groups is 1. The molecule has 19 heavy (non-hydrogen) atoms. The predicted molar refractivity (Wildman–Crippen MR) is 91.3 cm³/mol. The fourth-order valence-corrected chi connectivity index (χ4v) is 1.70. The molecule has 5 heteroatoms. The van der Waals surface area contributed by atoms with Crippen LogP contribution >= 0.6 is 24.0 Å². The van der Waals surface area contributed by atoms with Crippen LogP contribution in [0.3, 0.4) is 0 Å². The third-order valence-electron chi connectivity index (χ3n) is 2.65. The van der Waals surface area contributed by atoms with Crippen LogP contribution in [-0.2, 0) is 0 Å². The third-order valence-corrected chi connectivity index (χ3v) is 2.65. The molecule has 1 aromatic rings. The van der Waals surface area contributed by atoms with Crippen LogP contribution in [0.1, 0.15) is 25.3 Å². The van der Waals surface area contributed by atoms with E-state index in [2.05, 4.69) is 15.6 Å². The van der Waals surface area contributed by atoms with Crippen LogP contribution < -0.4 is 10.6 Å². The van der Waals surface area contributed by atoms with Gasteiger partial charge in [-0.15, -0.1) is 24.0 Å². The lowest BCUT2D eigenvalue weighted by Crippen LogP contribution is -2.37. The molecule has 0 heterocycles. The Kier molecular flexibility index (Phi) is 10.6. The summed E-state index contributed by atoms with van der Waals surface area (Å²) in [6, 6.07) is 9.99. The molecule has 0 aliphatic carbocycles. The van der Waals surface area contributed by atoms with Gasteiger partial charge in [0.2, 0.25) is 0 Å². The van der Waals surface area contributed by atoms with Crippen molar-refractivity contribution in [2.24, 2.45) is 4.99 Å². The maximum atomic E-state index is 9.44. The molecule has 1 aromatic carbocycles. The Morgan fingerprint density at radius 1 is 1.16 bits per heavy atom. The summed E-state index contributed by atoms with van der Waals surface area (Å²) in [6.07, 6.45) is 0. The van der Waals surface area contributed by atoms with Gasteiger partial charge in [-0.05, 0) is 19.4 Å². The van der Waals surface area contributed by atoms with Crippen LogP contribution in [0.15, 0.2) is 35.3 Å². The lowest BCUT2D eigenvalue weighted by atomic mass is 10.0. The summed E-state index contributed by atoms with van der Waals surface area (Å²) in [6.45, 7) is 6.43. The Morgan fingerprint density at radius 3 is 2.21 bits per heavy atom. The molecule has 0 saturated heterocycles. The van der Waals surface area contributed by atoms with Gasteiger partial charge < -0.3 is 15.7 Å². The number of nitrogens with one attached hydrogen (secondary N) is 2. The smallest absolute Gasteiger partial charge is 0.191 e. The van der Waals surface area contributed by atoms with E-state index >= 15 is 0 Å². The van der Waals surface area contributed by atoms with Crippen molar-refractivity contribution in [3.8, 4) is 0 Å². The predicted octanol–water partition coefficient (Wildman–Crippen LogP) is 1.96. The second kappa shape index (κ2) is 11.0. The van der Waals surface area contributed by atoms with Gasteiger partial charge in [-0.25, -0.2) is 0 Å². The third kappa shape index (κ3) is 6.77. The summed E-state index contributed by atoms with van der Waals surface area (Å²) < 4.78 is 0. The quantitative estimate of drug-likeness (QED) is 0.404. The summed E-state index contributed by atoms with van der Waals surface area (Å²) in [5.74, 6) is 0.855. The Labute approximate surface area is 132 Å². The highest BCUT2D eigenvalue weighted by Crippen LogP contribution is 2.14. The molecule has 0 aliphatic heterocycles. The molecule has 0 aromatic heterocycles. The van der Waals surface area contributed by atoms with E-state index in [-0.39, 0.29) is 36.5 Å². The molecule has 3 N–H and O–H groups in total. The van der Waals surface area contributed by atoms with Gasteiger partial charge in [0.25, 0.3) is 0 Å². The van der Waals surface area contributed by atoms with E-state index in [9.17, 15) is 5.11 Å². The minimum atomic E-state index is 0. The molecule has 0 spiro atoms. The van der Waals surface area contributed by atoms with Gasteiger partial charge in [-0.1, -0.05) is 30.3 Å². The minimum absolute atomic E-state index is 0. The molecule has 1 unspecified atom stereocenters. The molecule has 0 fully saturated rings. The lowest BCUT2D eigenvalue weighted by Gasteiger charge is -2.14. The summed E-state index contributed by atoms with van der Waals surface area (Å²) >= 11 is 0. The Bertz CT molecular complexity index is 349. The fraction of sp³-hybridized carbons (Fsp3) is 0.500. The molecular weight excluding hydrogens is 353 g/mol. The van der Waals surface area contributed by atoms with Crippen molar-refractivity contribution in [3.05, 3.63) is 35.9 Å². The number of hydrogen-bond donors (Lipinski definition) is 3. The maximum absolute atomic E-state index is 9.44. The zero-order valence-electron chi connectivity index (χ0n) is 11.6. The van der Waals surface area contributed by atoms with Gasteiger partial charge in [0, 0.05) is 19.0 Å². The van der Waals surface area contributed by atoms with Gasteiger partial charge in [-0.3, -0.25) is 4.99 Å². The number of hydrogen-bond acceptors (Lipinski definition) is 2. The molecule has 1 rings (SSSR count). The molecular formula is C14H24IN3O. The van der Waals surface area contributed by atoms with E-state index in [0.29, 0.717) is 6.54 Å². The van der Waals surface area contributed by atoms with Gasteiger partial charge in [-0.2, -0.15) is 0 Å². The molecule has 0 saturated carbocycles. The maximum Gasteiger partial charge on any atom is 0.191 e. The minimum Gasteiger partial charge on any atom is -0.396 e. The highest BCUT2D eigenvalue weighted by atomic mass is 127. The fourth-order valence-electron chi connectivity index (χ4n) is 1.70.